The van der Waals surface area contributed by atoms with Crippen LogP contribution >= 0.6 is 11.6 Å². The van der Waals surface area contributed by atoms with Gasteiger partial charge in [0.2, 0.25) is 5.91 Å². The molecule has 0 atom stereocenters. The van der Waals surface area contributed by atoms with E-state index >= 15 is 0 Å². The average molecular weight is 323 g/mol. The van der Waals surface area contributed by atoms with Crippen LogP contribution < -0.4 is 10.0 Å². The van der Waals surface area contributed by atoms with E-state index in [0.717, 1.165) is 5.56 Å². The minimum Gasteiger partial charge on any atom is -0.325 e. The van der Waals surface area contributed by atoms with Gasteiger partial charge in [-0.3, -0.25) is 9.52 Å². The number of fused-ring (bicyclic) bond motifs is 1. The predicted molar refractivity (Wildman–Crippen MR) is 81.0 cm³/mol. The molecule has 0 bridgehead atoms. The van der Waals surface area contributed by atoms with Gasteiger partial charge in [0.1, 0.15) is 0 Å². The predicted octanol–water partition coefficient (Wildman–Crippen LogP) is 2.64. The highest BCUT2D eigenvalue weighted by Crippen LogP contribution is 2.27. The average Bonchev–Trinajstić information content (AvgIpc) is 2.78. The molecular formula is C14H11ClN2O3S. The van der Waals surface area contributed by atoms with Crippen molar-refractivity contribution < 1.29 is 13.2 Å². The molecule has 0 saturated carbocycles. The Kier molecular flexibility index (Phi) is 3.35. The van der Waals surface area contributed by atoms with Crippen molar-refractivity contribution in [3.8, 4) is 0 Å². The van der Waals surface area contributed by atoms with Crippen molar-refractivity contribution >= 4 is 38.9 Å². The van der Waals surface area contributed by atoms with E-state index in [9.17, 15) is 13.2 Å². The number of benzene rings is 2. The summed E-state index contributed by atoms with van der Waals surface area (Å²) < 4.78 is 26.9. The molecule has 5 nitrogen and oxygen atoms in total. The van der Waals surface area contributed by atoms with E-state index in [-0.39, 0.29) is 10.8 Å². The Balaban J connectivity index is 1.88. The number of hydrogen-bond acceptors (Lipinski definition) is 3. The molecule has 21 heavy (non-hydrogen) atoms. The van der Waals surface area contributed by atoms with E-state index in [1.165, 1.54) is 24.3 Å². The van der Waals surface area contributed by atoms with E-state index < -0.39 is 10.0 Å². The Labute approximate surface area is 127 Å². The van der Waals surface area contributed by atoms with E-state index in [1.807, 2.05) is 0 Å². The second kappa shape index (κ2) is 5.05. The molecule has 0 aromatic heterocycles. The number of nitrogens with one attached hydrogen (secondary N) is 2. The van der Waals surface area contributed by atoms with Gasteiger partial charge in [-0.25, -0.2) is 8.42 Å². The third-order valence-corrected chi connectivity index (χ3v) is 4.76. The lowest BCUT2D eigenvalue weighted by molar-refractivity contribution is -0.115. The van der Waals surface area contributed by atoms with E-state index in [4.69, 9.17) is 11.6 Å². The summed E-state index contributed by atoms with van der Waals surface area (Å²) in [6, 6.07) is 10.9. The number of halogens is 1. The molecule has 1 aliphatic rings. The highest BCUT2D eigenvalue weighted by molar-refractivity contribution is 7.92. The van der Waals surface area contributed by atoms with Gasteiger partial charge in [-0.2, -0.15) is 0 Å². The molecule has 0 unspecified atom stereocenters. The number of sulfonamides is 1. The SMILES string of the molecule is O=C1Cc2ccc(NS(=O)(=O)c3ccc(Cl)cc3)cc2N1. The Morgan fingerprint density at radius 1 is 1.10 bits per heavy atom. The molecular weight excluding hydrogens is 312 g/mol. The van der Waals surface area contributed by atoms with Gasteiger partial charge < -0.3 is 5.32 Å². The molecule has 0 aliphatic carbocycles. The monoisotopic (exact) mass is 322 g/mol. The molecule has 108 valence electrons. The number of amides is 1. The molecule has 2 aromatic carbocycles. The minimum absolute atomic E-state index is 0.0947. The molecule has 0 fully saturated rings. The second-order valence-corrected chi connectivity index (χ2v) is 6.78. The first kappa shape index (κ1) is 13.9. The maximum atomic E-state index is 12.2. The third-order valence-electron chi connectivity index (χ3n) is 3.11. The highest BCUT2D eigenvalue weighted by atomic mass is 35.5. The zero-order valence-corrected chi connectivity index (χ0v) is 12.3. The summed E-state index contributed by atoms with van der Waals surface area (Å²) in [4.78, 5) is 11.4. The van der Waals surface area contributed by atoms with E-state index in [2.05, 4.69) is 10.0 Å². The Bertz CT molecular complexity index is 817. The largest absolute Gasteiger partial charge is 0.325 e. The van der Waals surface area contributed by atoms with Crippen LogP contribution in [0.4, 0.5) is 11.4 Å². The van der Waals surface area contributed by atoms with Gasteiger partial charge in [0.25, 0.3) is 10.0 Å². The number of hydrogen-bond donors (Lipinski definition) is 2. The van der Waals surface area contributed by atoms with Crippen LogP contribution in [0, 0.1) is 0 Å². The Morgan fingerprint density at radius 3 is 2.52 bits per heavy atom. The molecule has 3 rings (SSSR count). The van der Waals surface area contributed by atoms with E-state index in [0.29, 0.717) is 22.8 Å². The van der Waals surface area contributed by atoms with Crippen LogP contribution in [0.15, 0.2) is 47.4 Å². The first-order valence-corrected chi connectivity index (χ1v) is 8.01. The normalized spacial score (nSPS) is 13.7. The van der Waals surface area contributed by atoms with Crippen LogP contribution in [0.1, 0.15) is 5.56 Å². The zero-order chi connectivity index (χ0) is 15.0. The van der Waals surface area contributed by atoms with Gasteiger partial charge in [-0.05, 0) is 42.0 Å². The molecule has 1 aliphatic heterocycles. The number of carbonyl (C=O) groups excluding carboxylic acids is 1. The molecule has 0 radical (unpaired) electrons. The molecule has 0 saturated heterocycles. The summed E-state index contributed by atoms with van der Waals surface area (Å²) in [5, 5.41) is 3.15. The number of rotatable bonds is 3. The van der Waals surface area contributed by atoms with Gasteiger partial charge in [0.15, 0.2) is 0 Å². The zero-order valence-electron chi connectivity index (χ0n) is 10.8. The van der Waals surface area contributed by atoms with Crippen LogP contribution in [0.2, 0.25) is 5.02 Å². The second-order valence-electron chi connectivity index (χ2n) is 4.66. The van der Waals surface area contributed by atoms with Gasteiger partial charge in [-0.1, -0.05) is 17.7 Å². The molecule has 0 spiro atoms. The summed E-state index contributed by atoms with van der Waals surface area (Å²) in [6.07, 6.45) is 0.319. The van der Waals surface area contributed by atoms with Gasteiger partial charge in [0.05, 0.1) is 17.0 Å². The van der Waals surface area contributed by atoms with Crippen molar-refractivity contribution in [3.63, 3.8) is 0 Å². The van der Waals surface area contributed by atoms with Crippen LogP contribution in [-0.2, 0) is 21.2 Å². The van der Waals surface area contributed by atoms with Crippen LogP contribution in [-0.4, -0.2) is 14.3 Å². The van der Waals surface area contributed by atoms with Crippen molar-refractivity contribution in [3.05, 3.63) is 53.1 Å². The molecule has 1 amide bonds. The molecule has 2 aromatic rings. The lowest BCUT2D eigenvalue weighted by atomic mass is 10.1. The quantitative estimate of drug-likeness (QED) is 0.912. The lowest BCUT2D eigenvalue weighted by Crippen LogP contribution is -2.12. The van der Waals surface area contributed by atoms with Crippen molar-refractivity contribution in [2.45, 2.75) is 11.3 Å². The molecule has 1 heterocycles. The third kappa shape index (κ3) is 2.86. The fourth-order valence-corrected chi connectivity index (χ4v) is 3.28. The summed E-state index contributed by atoms with van der Waals surface area (Å²) >= 11 is 5.74. The first-order valence-electron chi connectivity index (χ1n) is 6.15. The van der Waals surface area contributed by atoms with Crippen LogP contribution in [0.3, 0.4) is 0 Å². The maximum Gasteiger partial charge on any atom is 0.261 e. The van der Waals surface area contributed by atoms with Gasteiger partial charge >= 0.3 is 0 Å². The standard InChI is InChI=1S/C14H11ClN2O3S/c15-10-2-5-12(6-3-10)21(19,20)17-11-4-1-9-7-14(18)16-13(9)8-11/h1-6,8,17H,7H2,(H,16,18). The summed E-state index contributed by atoms with van der Waals surface area (Å²) in [5.41, 5.74) is 1.89. The summed E-state index contributed by atoms with van der Waals surface area (Å²) in [5.74, 6) is -0.0947. The van der Waals surface area contributed by atoms with Crippen LogP contribution in [0.25, 0.3) is 0 Å². The van der Waals surface area contributed by atoms with Gasteiger partial charge in [0, 0.05) is 10.7 Å². The highest BCUT2D eigenvalue weighted by Gasteiger charge is 2.19. The number of carbonyl (C=O) groups is 1. The Morgan fingerprint density at radius 2 is 1.81 bits per heavy atom. The fraction of sp³-hybridized carbons (Fsp3) is 0.0714. The molecule has 7 heteroatoms. The summed E-state index contributed by atoms with van der Waals surface area (Å²) in [7, 11) is -3.68. The lowest BCUT2D eigenvalue weighted by Gasteiger charge is -2.09. The number of anilines is 2. The molecule has 2 N–H and O–H groups in total. The van der Waals surface area contributed by atoms with Crippen LogP contribution in [0.5, 0.6) is 0 Å². The van der Waals surface area contributed by atoms with Crippen molar-refractivity contribution in [1.82, 2.24) is 0 Å². The smallest absolute Gasteiger partial charge is 0.261 e. The Hall–Kier alpha value is -2.05. The van der Waals surface area contributed by atoms with Crippen molar-refractivity contribution in [2.24, 2.45) is 0 Å². The van der Waals surface area contributed by atoms with Crippen molar-refractivity contribution in [1.29, 1.82) is 0 Å². The maximum absolute atomic E-state index is 12.2. The summed E-state index contributed by atoms with van der Waals surface area (Å²) in [6.45, 7) is 0. The van der Waals surface area contributed by atoms with E-state index in [1.54, 1.807) is 18.2 Å². The topological polar surface area (TPSA) is 75.3 Å². The van der Waals surface area contributed by atoms with Crippen molar-refractivity contribution in [2.75, 3.05) is 10.0 Å². The van der Waals surface area contributed by atoms with Gasteiger partial charge in [-0.15, -0.1) is 0 Å². The minimum atomic E-state index is -3.68. The first-order chi connectivity index (χ1) is 9.94. The fourth-order valence-electron chi connectivity index (χ4n) is 2.11.